The van der Waals surface area contributed by atoms with E-state index < -0.39 is 49.0 Å². The minimum atomic E-state index is -1.51. The van der Waals surface area contributed by atoms with Gasteiger partial charge < -0.3 is 44.5 Å². The molecule has 0 aromatic carbocycles. The van der Waals surface area contributed by atoms with Crippen molar-refractivity contribution in [2.75, 3.05) is 13.2 Å². The summed E-state index contributed by atoms with van der Waals surface area (Å²) in [5.41, 5.74) is -0.547. The lowest BCUT2D eigenvalue weighted by Gasteiger charge is -2.65. The molecule has 10 nitrogen and oxygen atoms in total. The number of cyclic esters (lactones) is 1. The Labute approximate surface area is 234 Å². The Morgan fingerprint density at radius 3 is 2.48 bits per heavy atom. The quantitative estimate of drug-likeness (QED) is 0.184. The molecule has 5 N–H and O–H groups in total. The third-order valence-corrected chi connectivity index (χ3v) is 12.5. The molecule has 6 rings (SSSR count). The van der Waals surface area contributed by atoms with Crippen molar-refractivity contribution < 1.29 is 49.3 Å². The van der Waals surface area contributed by atoms with Crippen molar-refractivity contribution >= 4 is 12.3 Å². The summed E-state index contributed by atoms with van der Waals surface area (Å²) in [7, 11) is 0. The van der Waals surface area contributed by atoms with Crippen LogP contribution in [0.2, 0.25) is 0 Å². The van der Waals surface area contributed by atoms with Crippen LogP contribution in [-0.4, -0.2) is 93.4 Å². The average molecular weight is 565 g/mol. The third-order valence-electron chi connectivity index (χ3n) is 12.5. The molecule has 5 fully saturated rings. The summed E-state index contributed by atoms with van der Waals surface area (Å²) in [5.74, 6) is -0.111. The van der Waals surface area contributed by atoms with E-state index in [-0.39, 0.29) is 46.4 Å². The minimum absolute atomic E-state index is 0.0569. The number of esters is 1. The van der Waals surface area contributed by atoms with Crippen LogP contribution in [0, 0.1) is 40.4 Å². The maximum absolute atomic E-state index is 12.7. The number of carbonyl (C=O) groups excluding carboxylic acids is 2. The maximum atomic E-state index is 12.7. The summed E-state index contributed by atoms with van der Waals surface area (Å²) in [6.45, 7) is 4.18. The highest BCUT2D eigenvalue weighted by atomic mass is 16.7. The van der Waals surface area contributed by atoms with Gasteiger partial charge in [0.2, 0.25) is 0 Å². The molecule has 4 aliphatic carbocycles. The number of fused-ring (bicyclic) bond motifs is 5. The second-order valence-corrected chi connectivity index (χ2v) is 13.8. The maximum Gasteiger partial charge on any atom is 0.331 e. The summed E-state index contributed by atoms with van der Waals surface area (Å²) in [6, 6.07) is 0. The van der Waals surface area contributed by atoms with E-state index in [9.17, 15) is 35.1 Å². The number of carbonyl (C=O) groups is 2. The van der Waals surface area contributed by atoms with Crippen molar-refractivity contribution in [1.82, 2.24) is 0 Å². The van der Waals surface area contributed by atoms with Crippen LogP contribution in [0.25, 0.3) is 0 Å². The van der Waals surface area contributed by atoms with Gasteiger partial charge in [0.1, 0.15) is 37.3 Å². The fourth-order valence-corrected chi connectivity index (χ4v) is 10.2. The van der Waals surface area contributed by atoms with Gasteiger partial charge in [-0.25, -0.2) is 4.79 Å². The van der Waals surface area contributed by atoms with E-state index in [1.807, 2.05) is 0 Å². The number of hydrogen-bond donors (Lipinski definition) is 5. The van der Waals surface area contributed by atoms with Crippen LogP contribution >= 0.6 is 0 Å². The summed E-state index contributed by atoms with van der Waals surface area (Å²) < 4.78 is 17.0. The van der Waals surface area contributed by atoms with E-state index in [2.05, 4.69) is 13.8 Å². The molecule has 0 radical (unpaired) electrons. The Morgan fingerprint density at radius 2 is 1.80 bits per heavy atom. The molecule has 0 spiro atoms. The zero-order valence-corrected chi connectivity index (χ0v) is 23.4. The van der Waals surface area contributed by atoms with Crippen molar-refractivity contribution in [2.24, 2.45) is 40.4 Å². The van der Waals surface area contributed by atoms with Gasteiger partial charge in [0.05, 0.1) is 18.3 Å². The normalized spacial score (nSPS) is 54.1. The molecule has 6 aliphatic rings. The molecule has 2 aliphatic heterocycles. The number of hydrogen-bond acceptors (Lipinski definition) is 10. The zero-order chi connectivity index (χ0) is 28.6. The van der Waals surface area contributed by atoms with Crippen LogP contribution in [0.15, 0.2) is 11.6 Å². The molecular weight excluding hydrogens is 520 g/mol. The van der Waals surface area contributed by atoms with Crippen molar-refractivity contribution in [2.45, 2.75) is 108 Å². The molecule has 40 heavy (non-hydrogen) atoms. The number of ether oxygens (including phenoxy) is 3. The SMILES string of the molecule is C[C@]12[C@H](CC[C@@H]3[C@@H]1CC[C@]1(C)[C@@H](C4=CC(=O)OC4)CC[C@]31O)C[C@@H](O[C@@H]1O[C@H](CO)[C@@H](O)[C@H](O)[C@H]1O)C[C@H]2C=O. The first-order chi connectivity index (χ1) is 19.0. The molecule has 0 bridgehead atoms. The van der Waals surface area contributed by atoms with Crippen LogP contribution in [0.4, 0.5) is 0 Å². The Balaban J connectivity index is 1.21. The Morgan fingerprint density at radius 1 is 1.02 bits per heavy atom. The van der Waals surface area contributed by atoms with Gasteiger partial charge in [-0.05, 0) is 86.0 Å². The molecule has 2 heterocycles. The summed E-state index contributed by atoms with van der Waals surface area (Å²) in [5, 5.41) is 52.8. The Hall–Kier alpha value is -1.40. The molecule has 0 aromatic rings. The van der Waals surface area contributed by atoms with Crippen molar-refractivity contribution in [3.8, 4) is 0 Å². The molecule has 1 saturated heterocycles. The number of aliphatic hydroxyl groups excluding tert-OH is 4. The summed E-state index contributed by atoms with van der Waals surface area (Å²) >= 11 is 0. The van der Waals surface area contributed by atoms with E-state index in [1.54, 1.807) is 6.08 Å². The molecule has 0 amide bonds. The highest BCUT2D eigenvalue weighted by Gasteiger charge is 2.69. The number of rotatable bonds is 5. The summed E-state index contributed by atoms with van der Waals surface area (Å²) in [6.07, 6.45) is 1.52. The Bertz CT molecular complexity index is 1050. The van der Waals surface area contributed by atoms with Crippen LogP contribution in [0.3, 0.4) is 0 Å². The molecule has 4 saturated carbocycles. The van der Waals surface area contributed by atoms with E-state index in [4.69, 9.17) is 14.2 Å². The molecule has 10 heteroatoms. The van der Waals surface area contributed by atoms with Gasteiger partial charge in [-0.1, -0.05) is 13.8 Å². The van der Waals surface area contributed by atoms with Gasteiger partial charge in [-0.3, -0.25) is 0 Å². The van der Waals surface area contributed by atoms with Crippen molar-refractivity contribution in [3.05, 3.63) is 11.6 Å². The largest absolute Gasteiger partial charge is 0.458 e. The van der Waals surface area contributed by atoms with Gasteiger partial charge in [-0.15, -0.1) is 0 Å². The predicted molar refractivity (Wildman–Crippen MR) is 139 cm³/mol. The first-order valence-corrected chi connectivity index (χ1v) is 15.0. The standard InChI is InChI=1S/C30H44O10/c1-28-7-5-20-21(30(28,37)8-6-19(28)15-9-23(33)38-14-15)4-3-16-10-18(11-17(12-31)29(16,20)2)39-27-26(36)25(35)24(34)22(13-32)40-27/h9,12,16-22,24-27,32,34-37H,3-8,10-11,13-14H2,1-2H3/t16-,17+,18-,19-,20+,21-,22-,24-,25+,26-,27-,28-,29-,30+/m1/s1. The van der Waals surface area contributed by atoms with Crippen LogP contribution in [0.5, 0.6) is 0 Å². The first kappa shape index (κ1) is 28.7. The van der Waals surface area contributed by atoms with Gasteiger partial charge in [0, 0.05) is 17.4 Å². The average Bonchev–Trinajstić information content (AvgIpc) is 3.48. The van der Waals surface area contributed by atoms with Gasteiger partial charge >= 0.3 is 5.97 Å². The monoisotopic (exact) mass is 564 g/mol. The smallest absolute Gasteiger partial charge is 0.331 e. The predicted octanol–water partition coefficient (Wildman–Crippen LogP) is 0.854. The van der Waals surface area contributed by atoms with Crippen LogP contribution in [-0.2, 0) is 23.8 Å². The molecule has 224 valence electrons. The second kappa shape index (κ2) is 10.1. The van der Waals surface area contributed by atoms with E-state index in [0.29, 0.717) is 25.9 Å². The Kier molecular flexibility index (Phi) is 7.25. The molecule has 0 aromatic heterocycles. The molecule has 0 unspecified atom stereocenters. The van der Waals surface area contributed by atoms with Gasteiger partial charge in [-0.2, -0.15) is 0 Å². The number of aliphatic hydroxyl groups is 5. The lowest BCUT2D eigenvalue weighted by atomic mass is 9.41. The zero-order valence-electron chi connectivity index (χ0n) is 23.4. The number of aldehydes is 1. The topological polar surface area (TPSA) is 163 Å². The van der Waals surface area contributed by atoms with E-state index >= 15 is 0 Å². The highest BCUT2D eigenvalue weighted by Crippen LogP contribution is 2.70. The molecular formula is C30H44O10. The van der Waals surface area contributed by atoms with Gasteiger partial charge in [0.15, 0.2) is 6.29 Å². The summed E-state index contributed by atoms with van der Waals surface area (Å²) in [4.78, 5) is 24.5. The fraction of sp³-hybridized carbons (Fsp3) is 0.867. The fourth-order valence-electron chi connectivity index (χ4n) is 10.2. The lowest BCUT2D eigenvalue weighted by Crippen LogP contribution is -2.64. The van der Waals surface area contributed by atoms with Gasteiger partial charge in [0.25, 0.3) is 0 Å². The van der Waals surface area contributed by atoms with E-state index in [0.717, 1.165) is 44.0 Å². The first-order valence-electron chi connectivity index (χ1n) is 15.0. The van der Waals surface area contributed by atoms with Crippen LogP contribution in [0.1, 0.15) is 65.2 Å². The third kappa shape index (κ3) is 4.01. The highest BCUT2D eigenvalue weighted by molar-refractivity contribution is 5.85. The molecule has 14 atom stereocenters. The van der Waals surface area contributed by atoms with E-state index in [1.165, 1.54) is 0 Å². The second-order valence-electron chi connectivity index (χ2n) is 13.8. The van der Waals surface area contributed by atoms with Crippen molar-refractivity contribution in [3.63, 3.8) is 0 Å². The van der Waals surface area contributed by atoms with Crippen molar-refractivity contribution in [1.29, 1.82) is 0 Å². The minimum Gasteiger partial charge on any atom is -0.458 e. The lowest BCUT2D eigenvalue weighted by molar-refractivity contribution is -0.318. The van der Waals surface area contributed by atoms with Crippen LogP contribution < -0.4 is 0 Å².